The normalized spacial score (nSPS) is 12.9. The van der Waals surface area contributed by atoms with Crippen molar-refractivity contribution in [3.8, 4) is 0 Å². The number of nitrogens with zero attached hydrogens (tertiary/aromatic N) is 1. The lowest BCUT2D eigenvalue weighted by Crippen LogP contribution is -2.03. The van der Waals surface area contributed by atoms with Crippen molar-refractivity contribution in [2.24, 2.45) is 5.73 Å². The SMILES string of the molecule is CCCc1nc(C(CCC)OCC)sc1CN. The Hall–Kier alpha value is -0.450. The molecule has 0 saturated carbocycles. The first kappa shape index (κ1) is 14.6. The van der Waals surface area contributed by atoms with Crippen molar-refractivity contribution in [1.82, 2.24) is 4.98 Å². The summed E-state index contributed by atoms with van der Waals surface area (Å²) in [6.07, 6.45) is 4.45. The molecule has 0 radical (unpaired) electrons. The average molecular weight is 256 g/mol. The minimum absolute atomic E-state index is 0.158. The Balaban J connectivity index is 2.86. The topological polar surface area (TPSA) is 48.1 Å². The Kier molecular flexibility index (Phi) is 6.70. The summed E-state index contributed by atoms with van der Waals surface area (Å²) < 4.78 is 5.77. The zero-order chi connectivity index (χ0) is 12.7. The lowest BCUT2D eigenvalue weighted by Gasteiger charge is -2.12. The number of nitrogens with two attached hydrogens (primary N) is 1. The minimum Gasteiger partial charge on any atom is -0.371 e. The van der Waals surface area contributed by atoms with Gasteiger partial charge in [-0.2, -0.15) is 0 Å². The molecule has 17 heavy (non-hydrogen) atoms. The van der Waals surface area contributed by atoms with Crippen molar-refractivity contribution >= 4 is 11.3 Å². The standard InChI is InChI=1S/C13H24N2OS/c1-4-7-10-12(9-14)17-13(15-10)11(8-5-2)16-6-3/h11H,4-9,14H2,1-3H3. The number of aryl methyl sites for hydroxylation is 1. The summed E-state index contributed by atoms with van der Waals surface area (Å²) >= 11 is 1.73. The zero-order valence-electron chi connectivity index (χ0n) is 11.2. The molecule has 0 fully saturated rings. The third-order valence-corrected chi connectivity index (χ3v) is 3.87. The highest BCUT2D eigenvalue weighted by Gasteiger charge is 2.17. The summed E-state index contributed by atoms with van der Waals surface area (Å²) in [6.45, 7) is 7.72. The van der Waals surface area contributed by atoms with Gasteiger partial charge < -0.3 is 10.5 Å². The Labute approximate surface area is 108 Å². The molecular formula is C13H24N2OS. The molecule has 1 heterocycles. The average Bonchev–Trinajstić information content (AvgIpc) is 2.72. The van der Waals surface area contributed by atoms with E-state index < -0.39 is 0 Å². The fourth-order valence-electron chi connectivity index (χ4n) is 1.87. The molecule has 1 aromatic rings. The number of aromatic nitrogens is 1. The van der Waals surface area contributed by atoms with Crippen LogP contribution < -0.4 is 5.73 Å². The van der Waals surface area contributed by atoms with Crippen LogP contribution in [0.2, 0.25) is 0 Å². The van der Waals surface area contributed by atoms with Gasteiger partial charge in [0.05, 0.1) is 5.69 Å². The van der Waals surface area contributed by atoms with E-state index in [0.717, 1.165) is 37.3 Å². The number of hydrogen-bond donors (Lipinski definition) is 1. The van der Waals surface area contributed by atoms with Gasteiger partial charge in [0.25, 0.3) is 0 Å². The highest BCUT2D eigenvalue weighted by Crippen LogP contribution is 2.29. The van der Waals surface area contributed by atoms with Crippen LogP contribution in [-0.4, -0.2) is 11.6 Å². The fraction of sp³-hybridized carbons (Fsp3) is 0.769. The molecule has 1 unspecified atom stereocenters. The Morgan fingerprint density at radius 2 is 2.06 bits per heavy atom. The molecule has 0 aliphatic rings. The molecule has 1 atom stereocenters. The second-order valence-corrected chi connectivity index (χ2v) is 5.22. The lowest BCUT2D eigenvalue weighted by molar-refractivity contribution is 0.0554. The first-order chi connectivity index (χ1) is 8.26. The van der Waals surface area contributed by atoms with Crippen LogP contribution in [0.25, 0.3) is 0 Å². The summed E-state index contributed by atoms with van der Waals surface area (Å²) in [5, 5.41) is 1.11. The molecule has 0 saturated heterocycles. The predicted octanol–water partition coefficient (Wildman–Crippen LogP) is 3.43. The van der Waals surface area contributed by atoms with Crippen LogP contribution in [0.3, 0.4) is 0 Å². The monoisotopic (exact) mass is 256 g/mol. The van der Waals surface area contributed by atoms with E-state index in [1.54, 1.807) is 11.3 Å². The number of ether oxygens (including phenoxy) is 1. The first-order valence-corrected chi connectivity index (χ1v) is 7.38. The van der Waals surface area contributed by atoms with Crippen LogP contribution in [-0.2, 0) is 17.7 Å². The number of hydrogen-bond acceptors (Lipinski definition) is 4. The molecule has 0 aliphatic carbocycles. The van der Waals surface area contributed by atoms with Gasteiger partial charge in [-0.25, -0.2) is 4.98 Å². The first-order valence-electron chi connectivity index (χ1n) is 6.56. The molecule has 1 rings (SSSR count). The van der Waals surface area contributed by atoms with Crippen LogP contribution >= 0.6 is 11.3 Å². The smallest absolute Gasteiger partial charge is 0.122 e. The zero-order valence-corrected chi connectivity index (χ0v) is 12.0. The molecule has 2 N–H and O–H groups in total. The Bertz CT molecular complexity index is 319. The molecular weight excluding hydrogens is 232 g/mol. The van der Waals surface area contributed by atoms with E-state index >= 15 is 0 Å². The van der Waals surface area contributed by atoms with Gasteiger partial charge in [0.15, 0.2) is 0 Å². The second kappa shape index (κ2) is 7.80. The second-order valence-electron chi connectivity index (χ2n) is 4.11. The lowest BCUT2D eigenvalue weighted by atomic mass is 10.2. The van der Waals surface area contributed by atoms with Gasteiger partial charge in [-0.3, -0.25) is 0 Å². The van der Waals surface area contributed by atoms with Crippen LogP contribution in [0.1, 0.15) is 61.7 Å². The van der Waals surface area contributed by atoms with Gasteiger partial charge >= 0.3 is 0 Å². The molecule has 0 aromatic carbocycles. The van der Waals surface area contributed by atoms with Crippen LogP contribution in [0, 0.1) is 0 Å². The molecule has 0 amide bonds. The largest absolute Gasteiger partial charge is 0.371 e. The van der Waals surface area contributed by atoms with Gasteiger partial charge in [-0.05, 0) is 19.8 Å². The summed E-state index contributed by atoms with van der Waals surface area (Å²) in [5.41, 5.74) is 6.95. The van der Waals surface area contributed by atoms with E-state index in [2.05, 4.69) is 13.8 Å². The molecule has 98 valence electrons. The maximum absolute atomic E-state index is 5.77. The third kappa shape index (κ3) is 4.05. The summed E-state index contributed by atoms with van der Waals surface area (Å²) in [6, 6.07) is 0. The number of rotatable bonds is 8. The van der Waals surface area contributed by atoms with Crippen molar-refractivity contribution in [2.45, 2.75) is 59.1 Å². The molecule has 0 aliphatic heterocycles. The van der Waals surface area contributed by atoms with E-state index in [-0.39, 0.29) is 6.10 Å². The highest BCUT2D eigenvalue weighted by atomic mass is 32.1. The Morgan fingerprint density at radius 3 is 2.59 bits per heavy atom. The van der Waals surface area contributed by atoms with E-state index in [1.165, 1.54) is 10.6 Å². The summed E-state index contributed by atoms with van der Waals surface area (Å²) in [7, 11) is 0. The summed E-state index contributed by atoms with van der Waals surface area (Å²) in [5.74, 6) is 0. The quantitative estimate of drug-likeness (QED) is 0.775. The Morgan fingerprint density at radius 1 is 1.29 bits per heavy atom. The van der Waals surface area contributed by atoms with Crippen molar-refractivity contribution in [2.75, 3.05) is 6.61 Å². The van der Waals surface area contributed by atoms with Crippen molar-refractivity contribution in [3.05, 3.63) is 15.6 Å². The van der Waals surface area contributed by atoms with Gasteiger partial charge in [-0.1, -0.05) is 26.7 Å². The summed E-state index contributed by atoms with van der Waals surface area (Å²) in [4.78, 5) is 5.95. The van der Waals surface area contributed by atoms with Crippen LogP contribution in [0.4, 0.5) is 0 Å². The molecule has 0 bridgehead atoms. The van der Waals surface area contributed by atoms with E-state index in [4.69, 9.17) is 15.5 Å². The fourth-order valence-corrected chi connectivity index (χ4v) is 2.95. The highest BCUT2D eigenvalue weighted by molar-refractivity contribution is 7.11. The van der Waals surface area contributed by atoms with E-state index in [1.807, 2.05) is 6.92 Å². The van der Waals surface area contributed by atoms with Gasteiger partial charge in [-0.15, -0.1) is 11.3 Å². The van der Waals surface area contributed by atoms with Crippen LogP contribution in [0.15, 0.2) is 0 Å². The van der Waals surface area contributed by atoms with Gasteiger partial charge in [0.1, 0.15) is 11.1 Å². The molecule has 0 spiro atoms. The maximum Gasteiger partial charge on any atom is 0.122 e. The van der Waals surface area contributed by atoms with Gasteiger partial charge in [0.2, 0.25) is 0 Å². The molecule has 4 heteroatoms. The van der Waals surface area contributed by atoms with Gasteiger partial charge in [0, 0.05) is 18.0 Å². The van der Waals surface area contributed by atoms with Crippen LogP contribution in [0.5, 0.6) is 0 Å². The number of thiazole rings is 1. The van der Waals surface area contributed by atoms with E-state index in [9.17, 15) is 0 Å². The van der Waals surface area contributed by atoms with Crippen molar-refractivity contribution < 1.29 is 4.74 Å². The maximum atomic E-state index is 5.77. The van der Waals surface area contributed by atoms with E-state index in [0.29, 0.717) is 6.54 Å². The van der Waals surface area contributed by atoms with Crippen molar-refractivity contribution in [1.29, 1.82) is 0 Å². The van der Waals surface area contributed by atoms with Crippen molar-refractivity contribution in [3.63, 3.8) is 0 Å². The molecule has 1 aromatic heterocycles. The minimum atomic E-state index is 0.158. The molecule has 3 nitrogen and oxygen atoms in total. The predicted molar refractivity (Wildman–Crippen MR) is 73.3 cm³/mol. The third-order valence-electron chi connectivity index (χ3n) is 2.66.